The summed E-state index contributed by atoms with van der Waals surface area (Å²) in [5.41, 5.74) is 3.49. The number of benzene rings is 2. The van der Waals surface area contributed by atoms with E-state index in [1.807, 2.05) is 36.8 Å². The van der Waals surface area contributed by atoms with Gasteiger partial charge in [-0.05, 0) is 55.0 Å². The van der Waals surface area contributed by atoms with Gasteiger partial charge in [0, 0.05) is 37.1 Å². The Hall–Kier alpha value is -4.93. The summed E-state index contributed by atoms with van der Waals surface area (Å²) in [4.78, 5) is 25.1. The molecule has 0 spiro atoms. The highest BCUT2D eigenvalue weighted by atomic mass is 19.1. The molecule has 6 aromatic rings. The number of aromatic nitrogens is 8. The number of halogens is 1. The second-order valence-corrected chi connectivity index (χ2v) is 11.3. The van der Waals surface area contributed by atoms with Crippen LogP contribution < -0.4 is 11.1 Å². The third kappa shape index (κ3) is 5.95. The number of hydrogen-bond donors (Lipinski definition) is 0. The average Bonchev–Trinajstić information content (AvgIpc) is 3.79. The lowest BCUT2D eigenvalue weighted by molar-refractivity contribution is 0.622. The molecule has 0 amide bonds. The summed E-state index contributed by atoms with van der Waals surface area (Å²) < 4.78 is 20.1. The molecule has 0 aliphatic heterocycles. The molecule has 10 nitrogen and oxygen atoms in total. The first-order valence-corrected chi connectivity index (χ1v) is 15.1. The highest BCUT2D eigenvalue weighted by Crippen LogP contribution is 2.32. The van der Waals surface area contributed by atoms with Crippen LogP contribution in [0, 0.1) is 12.7 Å². The van der Waals surface area contributed by atoms with Crippen molar-refractivity contribution < 1.29 is 4.39 Å². The Morgan fingerprint density at radius 2 is 1.48 bits per heavy atom. The molecule has 4 aromatic heterocycles. The lowest BCUT2D eigenvalue weighted by atomic mass is 10.1. The van der Waals surface area contributed by atoms with Crippen LogP contribution >= 0.6 is 0 Å². The van der Waals surface area contributed by atoms with Gasteiger partial charge in [-0.2, -0.15) is 0 Å². The molecule has 0 atom stereocenters. The molecule has 11 heteroatoms. The molecule has 1 saturated carbocycles. The van der Waals surface area contributed by atoms with Gasteiger partial charge in [-0.3, -0.25) is 18.4 Å². The summed E-state index contributed by atoms with van der Waals surface area (Å²) in [6, 6.07) is 14.3. The van der Waals surface area contributed by atoms with Crippen LogP contribution in [0.1, 0.15) is 73.3 Å². The lowest BCUT2D eigenvalue weighted by Crippen LogP contribution is -2.22. The normalized spacial score (nSPS) is 13.4. The summed E-state index contributed by atoms with van der Waals surface area (Å²) in [7, 11) is 0. The van der Waals surface area contributed by atoms with Gasteiger partial charge >= 0.3 is 0 Å². The van der Waals surface area contributed by atoms with Crippen molar-refractivity contribution in [1.82, 2.24) is 38.3 Å². The number of aryl methyl sites for hydroxylation is 2. The molecule has 0 unspecified atom stereocenters. The Balaban J connectivity index is 0.000000157. The van der Waals surface area contributed by atoms with Crippen LogP contribution in [0.3, 0.4) is 0 Å². The zero-order valence-electron chi connectivity index (χ0n) is 24.9. The summed E-state index contributed by atoms with van der Waals surface area (Å²) in [6.07, 6.45) is 13.7. The first-order chi connectivity index (χ1) is 21.4. The molecule has 0 radical (unpaired) electrons. The monoisotopic (exact) mass is 594 g/mol. The fourth-order valence-corrected chi connectivity index (χ4v) is 5.82. The maximum atomic E-state index is 13.3. The van der Waals surface area contributed by atoms with Crippen LogP contribution in [0.25, 0.3) is 11.3 Å². The largest absolute Gasteiger partial charge is 0.306 e. The number of fused-ring (bicyclic) bond motifs is 2. The van der Waals surface area contributed by atoms with E-state index in [4.69, 9.17) is 0 Å². The van der Waals surface area contributed by atoms with Crippen molar-refractivity contribution in [3.63, 3.8) is 0 Å². The minimum atomic E-state index is -0.303. The summed E-state index contributed by atoms with van der Waals surface area (Å²) in [6.45, 7) is 5.01. The van der Waals surface area contributed by atoms with Crippen LogP contribution in [0.15, 0.2) is 82.9 Å². The summed E-state index contributed by atoms with van der Waals surface area (Å²) in [5, 5.41) is 16.5. The molecule has 2 aromatic carbocycles. The number of rotatable bonds is 7. The highest BCUT2D eigenvalue weighted by molar-refractivity contribution is 5.37. The minimum absolute atomic E-state index is 0.101. The zero-order chi connectivity index (χ0) is 30.6. The molecule has 4 heterocycles. The van der Waals surface area contributed by atoms with Crippen LogP contribution in [0.2, 0.25) is 0 Å². The summed E-state index contributed by atoms with van der Waals surface area (Å²) in [5.74, 6) is 1.81. The standard InChI is InChI=1S/C17H17FN4O.C16H18N4O/c18-14-7-3-4-12(10-14)11-21-8-9-22-15(13-5-1-2-6-13)19-20-16(22)17(21)23;1-3-6-14-17-18-15-16(21)19(9-10-20(14)15)11-13-8-5-4-7-12(13)2/h3-4,7-10,13H,1-2,5-6,11H2;4-5,7-10H,3,6,11H2,1-2H3. The van der Waals surface area contributed by atoms with E-state index >= 15 is 0 Å². The van der Waals surface area contributed by atoms with Crippen LogP contribution in [0.5, 0.6) is 0 Å². The SMILES string of the molecule is CCCc1nnc2c(=O)n(Cc3ccccc3C)ccn12.O=c1c2nnc(C3CCCC3)n2ccn1Cc1cccc(F)c1. The molecular weight excluding hydrogens is 559 g/mol. The number of hydrogen-bond acceptors (Lipinski definition) is 6. The summed E-state index contributed by atoms with van der Waals surface area (Å²) >= 11 is 0. The molecule has 1 aliphatic carbocycles. The van der Waals surface area contributed by atoms with Gasteiger partial charge < -0.3 is 9.13 Å². The molecule has 1 aliphatic rings. The van der Waals surface area contributed by atoms with Crippen molar-refractivity contribution in [3.8, 4) is 0 Å². The lowest BCUT2D eigenvalue weighted by Gasteiger charge is -2.09. The van der Waals surface area contributed by atoms with E-state index < -0.39 is 0 Å². The van der Waals surface area contributed by atoms with Gasteiger partial charge in [0.2, 0.25) is 11.3 Å². The van der Waals surface area contributed by atoms with Crippen LogP contribution in [-0.4, -0.2) is 38.3 Å². The van der Waals surface area contributed by atoms with Gasteiger partial charge in [-0.25, -0.2) is 4.39 Å². The Morgan fingerprint density at radius 3 is 2.20 bits per heavy atom. The van der Waals surface area contributed by atoms with E-state index in [0.29, 0.717) is 30.3 Å². The Morgan fingerprint density at radius 1 is 0.795 bits per heavy atom. The van der Waals surface area contributed by atoms with Gasteiger partial charge in [-0.15, -0.1) is 20.4 Å². The van der Waals surface area contributed by atoms with Crippen LogP contribution in [0.4, 0.5) is 4.39 Å². The minimum Gasteiger partial charge on any atom is -0.306 e. The third-order valence-corrected chi connectivity index (χ3v) is 8.22. The molecule has 0 N–H and O–H groups in total. The van der Waals surface area contributed by atoms with E-state index in [-0.39, 0.29) is 16.9 Å². The molecule has 7 rings (SSSR count). The fourth-order valence-electron chi connectivity index (χ4n) is 5.82. The van der Waals surface area contributed by atoms with Crippen molar-refractivity contribution in [3.05, 3.63) is 128 Å². The van der Waals surface area contributed by atoms with E-state index in [0.717, 1.165) is 48.5 Å². The van der Waals surface area contributed by atoms with E-state index in [9.17, 15) is 14.0 Å². The third-order valence-electron chi connectivity index (χ3n) is 8.22. The van der Waals surface area contributed by atoms with Crippen molar-refractivity contribution in [2.24, 2.45) is 0 Å². The number of nitrogens with zero attached hydrogens (tertiary/aromatic N) is 8. The Labute approximate surface area is 253 Å². The molecule has 226 valence electrons. The van der Waals surface area contributed by atoms with Gasteiger partial charge in [0.15, 0.2) is 0 Å². The fraction of sp³-hybridized carbons (Fsp3) is 0.333. The quantitative estimate of drug-likeness (QED) is 0.260. The smallest absolute Gasteiger partial charge is 0.296 e. The van der Waals surface area contributed by atoms with Gasteiger partial charge in [0.1, 0.15) is 17.5 Å². The molecule has 44 heavy (non-hydrogen) atoms. The van der Waals surface area contributed by atoms with Crippen molar-refractivity contribution >= 4 is 11.3 Å². The second-order valence-electron chi connectivity index (χ2n) is 11.3. The van der Waals surface area contributed by atoms with Gasteiger partial charge in [0.05, 0.1) is 13.1 Å². The first-order valence-electron chi connectivity index (χ1n) is 15.1. The highest BCUT2D eigenvalue weighted by Gasteiger charge is 2.23. The Bertz CT molecular complexity index is 2030. The van der Waals surface area contributed by atoms with E-state index in [2.05, 4.69) is 40.3 Å². The van der Waals surface area contributed by atoms with Gasteiger partial charge in [0.25, 0.3) is 11.1 Å². The van der Waals surface area contributed by atoms with E-state index in [1.54, 1.807) is 31.7 Å². The van der Waals surface area contributed by atoms with Gasteiger partial charge in [-0.1, -0.05) is 56.2 Å². The van der Waals surface area contributed by atoms with Crippen LogP contribution in [-0.2, 0) is 19.5 Å². The predicted octanol–water partition coefficient (Wildman–Crippen LogP) is 4.94. The van der Waals surface area contributed by atoms with E-state index in [1.165, 1.54) is 35.1 Å². The molecular formula is C33H35FN8O2. The van der Waals surface area contributed by atoms with Crippen molar-refractivity contribution in [2.75, 3.05) is 0 Å². The molecule has 0 saturated heterocycles. The van der Waals surface area contributed by atoms with Crippen molar-refractivity contribution in [1.29, 1.82) is 0 Å². The maximum absolute atomic E-state index is 13.3. The Kier molecular flexibility index (Phi) is 8.44. The predicted molar refractivity (Wildman–Crippen MR) is 165 cm³/mol. The van der Waals surface area contributed by atoms with Crippen molar-refractivity contribution in [2.45, 2.75) is 71.4 Å². The second kappa shape index (κ2) is 12.7. The zero-order valence-corrected chi connectivity index (χ0v) is 24.9. The topological polar surface area (TPSA) is 104 Å². The average molecular weight is 595 g/mol. The maximum Gasteiger partial charge on any atom is 0.296 e. The first kappa shape index (κ1) is 29.2. The molecule has 1 fully saturated rings. The molecule has 0 bridgehead atoms.